The van der Waals surface area contributed by atoms with Crippen molar-refractivity contribution in [3.05, 3.63) is 24.3 Å². The SMILES string of the molecule is C=C1C(=O)O[C@H]2[C@H]1[C@@H](OC(C)=O)[C@@H](O)[C@@](C)(O)[C@@H]1C=C[C@@](C)(OO)[C@H]21. The number of rotatable bonds is 2. The summed E-state index contributed by atoms with van der Waals surface area (Å²) in [5, 5.41) is 31.2. The van der Waals surface area contributed by atoms with Crippen LogP contribution in [0.25, 0.3) is 0 Å². The molecule has 0 spiro atoms. The highest BCUT2D eigenvalue weighted by molar-refractivity contribution is 5.91. The van der Waals surface area contributed by atoms with Crippen LogP contribution in [0, 0.1) is 17.8 Å². The maximum atomic E-state index is 12.1. The Bertz CT molecular complexity index is 653. The van der Waals surface area contributed by atoms with Gasteiger partial charge in [0.05, 0.1) is 11.5 Å². The molecule has 0 aromatic rings. The molecule has 1 heterocycles. The van der Waals surface area contributed by atoms with E-state index in [1.165, 1.54) is 13.8 Å². The van der Waals surface area contributed by atoms with Gasteiger partial charge in [-0.05, 0) is 13.8 Å². The summed E-state index contributed by atoms with van der Waals surface area (Å²) in [6, 6.07) is 0. The zero-order chi connectivity index (χ0) is 18.7. The van der Waals surface area contributed by atoms with Crippen molar-refractivity contribution in [1.82, 2.24) is 0 Å². The molecule has 3 rings (SSSR count). The number of carbonyl (C=O) groups is 2. The fourth-order valence-corrected chi connectivity index (χ4v) is 4.41. The highest BCUT2D eigenvalue weighted by Gasteiger charge is 2.66. The van der Waals surface area contributed by atoms with Gasteiger partial charge in [0.25, 0.3) is 0 Å². The Morgan fingerprint density at radius 1 is 1.40 bits per heavy atom. The van der Waals surface area contributed by atoms with Gasteiger partial charge in [-0.2, -0.15) is 0 Å². The number of fused-ring (bicyclic) bond motifs is 3. The molecule has 8 atom stereocenters. The molecular formula is C17H22O8. The van der Waals surface area contributed by atoms with Crippen LogP contribution in [0.1, 0.15) is 20.8 Å². The van der Waals surface area contributed by atoms with Gasteiger partial charge in [-0.25, -0.2) is 9.68 Å². The summed E-state index contributed by atoms with van der Waals surface area (Å²) in [5.74, 6) is -3.65. The molecule has 1 saturated heterocycles. The smallest absolute Gasteiger partial charge is 0.334 e. The molecule has 3 aliphatic rings. The molecule has 1 saturated carbocycles. The zero-order valence-electron chi connectivity index (χ0n) is 14.2. The Labute approximate surface area is 144 Å². The molecule has 0 aromatic heterocycles. The van der Waals surface area contributed by atoms with E-state index in [-0.39, 0.29) is 5.57 Å². The number of aliphatic hydroxyl groups is 2. The van der Waals surface area contributed by atoms with Gasteiger partial charge in [0.1, 0.15) is 23.9 Å². The topological polar surface area (TPSA) is 123 Å². The number of hydrogen-bond acceptors (Lipinski definition) is 8. The van der Waals surface area contributed by atoms with Crippen LogP contribution in [0.4, 0.5) is 0 Å². The van der Waals surface area contributed by atoms with Crippen LogP contribution in [0.3, 0.4) is 0 Å². The Hall–Kier alpha value is -1.74. The maximum absolute atomic E-state index is 12.1. The first kappa shape index (κ1) is 18.1. The molecule has 0 unspecified atom stereocenters. The van der Waals surface area contributed by atoms with Crippen LogP contribution in [-0.4, -0.2) is 56.9 Å². The number of ether oxygens (including phenoxy) is 2. The van der Waals surface area contributed by atoms with Crippen LogP contribution < -0.4 is 0 Å². The lowest BCUT2D eigenvalue weighted by Crippen LogP contribution is -2.54. The minimum absolute atomic E-state index is 0.0407. The molecule has 138 valence electrons. The van der Waals surface area contributed by atoms with Gasteiger partial charge in [0.2, 0.25) is 0 Å². The maximum Gasteiger partial charge on any atom is 0.334 e. The first-order valence-electron chi connectivity index (χ1n) is 8.04. The van der Waals surface area contributed by atoms with Gasteiger partial charge >= 0.3 is 11.9 Å². The minimum Gasteiger partial charge on any atom is -0.459 e. The molecular weight excluding hydrogens is 332 g/mol. The Morgan fingerprint density at radius 2 is 2.04 bits per heavy atom. The standard InChI is InChI=1S/C17H22O8/c1-7-10-12(24-15(7)20)11-9(5-6-16(11,3)25-22)17(4,21)14(19)13(10)23-8(2)18/h5-6,9-14,19,21-22H,1H2,2-4H3/t9-,10+,11+,12+,13-,14-,16-,17+/m1/s1. The molecule has 0 aromatic carbocycles. The molecule has 8 nitrogen and oxygen atoms in total. The number of aliphatic hydroxyl groups excluding tert-OH is 1. The van der Waals surface area contributed by atoms with Crippen molar-refractivity contribution >= 4 is 11.9 Å². The molecule has 1 aliphatic heterocycles. The highest BCUT2D eigenvalue weighted by Crippen LogP contribution is 2.54. The normalized spacial score (nSPS) is 48.6. The third kappa shape index (κ3) is 2.43. The summed E-state index contributed by atoms with van der Waals surface area (Å²) in [5.41, 5.74) is -2.94. The molecule has 25 heavy (non-hydrogen) atoms. The first-order valence-corrected chi connectivity index (χ1v) is 8.04. The van der Waals surface area contributed by atoms with Crippen molar-refractivity contribution in [2.45, 2.75) is 50.3 Å². The number of esters is 2. The zero-order valence-corrected chi connectivity index (χ0v) is 14.2. The quantitative estimate of drug-likeness (QED) is 0.211. The van der Waals surface area contributed by atoms with Gasteiger partial charge < -0.3 is 19.7 Å². The summed E-state index contributed by atoms with van der Waals surface area (Å²) in [4.78, 5) is 28.3. The van der Waals surface area contributed by atoms with E-state index in [1.54, 1.807) is 19.1 Å². The predicted octanol–water partition coefficient (Wildman–Crippen LogP) is 0.192. The molecule has 8 heteroatoms. The lowest BCUT2D eigenvalue weighted by Gasteiger charge is -2.39. The van der Waals surface area contributed by atoms with Gasteiger partial charge in [0.15, 0.2) is 0 Å². The predicted molar refractivity (Wildman–Crippen MR) is 82.9 cm³/mol. The van der Waals surface area contributed by atoms with Crippen molar-refractivity contribution in [3.8, 4) is 0 Å². The van der Waals surface area contributed by atoms with E-state index in [0.29, 0.717) is 0 Å². The average molecular weight is 354 g/mol. The van der Waals surface area contributed by atoms with Crippen LogP contribution in [0.2, 0.25) is 0 Å². The van der Waals surface area contributed by atoms with Crippen LogP contribution in [0.15, 0.2) is 24.3 Å². The van der Waals surface area contributed by atoms with E-state index in [2.05, 4.69) is 11.5 Å². The highest BCUT2D eigenvalue weighted by atomic mass is 17.1. The summed E-state index contributed by atoms with van der Waals surface area (Å²) < 4.78 is 10.7. The molecule has 2 fully saturated rings. The van der Waals surface area contributed by atoms with E-state index in [0.717, 1.165) is 0 Å². The lowest BCUT2D eigenvalue weighted by molar-refractivity contribution is -0.324. The van der Waals surface area contributed by atoms with Crippen molar-refractivity contribution in [2.24, 2.45) is 17.8 Å². The average Bonchev–Trinajstić information content (AvgIpc) is 3.01. The molecule has 0 bridgehead atoms. The van der Waals surface area contributed by atoms with Gasteiger partial charge in [-0.3, -0.25) is 10.1 Å². The third-order valence-electron chi connectivity index (χ3n) is 5.74. The van der Waals surface area contributed by atoms with Gasteiger partial charge in [-0.15, -0.1) is 0 Å². The Morgan fingerprint density at radius 3 is 2.60 bits per heavy atom. The van der Waals surface area contributed by atoms with Crippen molar-refractivity contribution in [3.63, 3.8) is 0 Å². The minimum atomic E-state index is -1.73. The number of carbonyl (C=O) groups excluding carboxylic acids is 2. The van der Waals surface area contributed by atoms with Crippen LogP contribution in [0.5, 0.6) is 0 Å². The largest absolute Gasteiger partial charge is 0.459 e. The third-order valence-corrected chi connectivity index (χ3v) is 5.74. The van der Waals surface area contributed by atoms with E-state index in [4.69, 9.17) is 9.47 Å². The number of hydrogen-bond donors (Lipinski definition) is 3. The lowest BCUT2D eigenvalue weighted by atomic mass is 9.73. The van der Waals surface area contributed by atoms with Crippen molar-refractivity contribution in [1.29, 1.82) is 0 Å². The summed E-state index contributed by atoms with van der Waals surface area (Å²) in [6.07, 6.45) is -0.465. The summed E-state index contributed by atoms with van der Waals surface area (Å²) >= 11 is 0. The molecule has 0 amide bonds. The Kier molecular flexibility index (Phi) is 4.07. The van der Waals surface area contributed by atoms with Gasteiger partial charge in [0, 0.05) is 24.3 Å². The van der Waals surface area contributed by atoms with Gasteiger partial charge in [-0.1, -0.05) is 18.7 Å². The van der Waals surface area contributed by atoms with E-state index in [9.17, 15) is 25.1 Å². The Balaban J connectivity index is 2.16. The monoisotopic (exact) mass is 354 g/mol. The fourth-order valence-electron chi connectivity index (χ4n) is 4.41. The second-order valence-corrected chi connectivity index (χ2v) is 7.35. The van der Waals surface area contributed by atoms with E-state index in [1.807, 2.05) is 0 Å². The first-order chi connectivity index (χ1) is 11.5. The molecule has 0 radical (unpaired) electrons. The molecule has 3 N–H and O–H groups in total. The van der Waals surface area contributed by atoms with E-state index < -0.39 is 59.2 Å². The van der Waals surface area contributed by atoms with Crippen molar-refractivity contribution < 1.29 is 39.4 Å². The molecule has 2 aliphatic carbocycles. The van der Waals surface area contributed by atoms with Crippen LogP contribution in [-0.2, 0) is 24.0 Å². The summed E-state index contributed by atoms with van der Waals surface area (Å²) in [6.45, 7) is 7.86. The summed E-state index contributed by atoms with van der Waals surface area (Å²) in [7, 11) is 0. The second kappa shape index (κ2) is 5.63. The van der Waals surface area contributed by atoms with Crippen LogP contribution >= 0.6 is 0 Å². The van der Waals surface area contributed by atoms with E-state index >= 15 is 0 Å². The second-order valence-electron chi connectivity index (χ2n) is 7.35. The fraction of sp³-hybridized carbons (Fsp3) is 0.647. The van der Waals surface area contributed by atoms with Crippen molar-refractivity contribution in [2.75, 3.05) is 0 Å².